The van der Waals surface area contributed by atoms with Crippen molar-refractivity contribution < 1.29 is 8.42 Å². The number of thiocarbonyl (C=S) groups is 1. The first-order valence-electron chi connectivity index (χ1n) is 4.66. The molecule has 1 aromatic carbocycles. The van der Waals surface area contributed by atoms with Gasteiger partial charge in [-0.05, 0) is 12.1 Å². The van der Waals surface area contributed by atoms with Gasteiger partial charge in [0.2, 0.25) is 10.0 Å². The Bertz CT molecular complexity index is 555. The van der Waals surface area contributed by atoms with Gasteiger partial charge >= 0.3 is 0 Å². The Kier molecular flexibility index (Phi) is 5.82. The van der Waals surface area contributed by atoms with Crippen molar-refractivity contribution in [3.8, 4) is 0 Å². The maximum absolute atomic E-state index is 12.0. The van der Waals surface area contributed by atoms with Crippen molar-refractivity contribution in [3.63, 3.8) is 0 Å². The predicted octanol–water partition coefficient (Wildman–Crippen LogP) is 2.71. The molecule has 3 N–H and O–H groups in total. The molecule has 0 heterocycles. The summed E-state index contributed by atoms with van der Waals surface area (Å²) in [4.78, 5) is 0.0719. The minimum absolute atomic E-state index is 0.0391. The highest BCUT2D eigenvalue weighted by Gasteiger charge is 2.21. The smallest absolute Gasteiger partial charge is 0.243 e. The van der Waals surface area contributed by atoms with Gasteiger partial charge in [-0.1, -0.05) is 51.3 Å². The van der Waals surface area contributed by atoms with Gasteiger partial charge in [0.25, 0.3) is 0 Å². The maximum Gasteiger partial charge on any atom is 0.243 e. The molecule has 0 saturated heterocycles. The Morgan fingerprint density at radius 1 is 1.39 bits per heavy atom. The van der Waals surface area contributed by atoms with Crippen molar-refractivity contribution in [2.75, 3.05) is 6.54 Å². The molecule has 0 spiro atoms. The average Bonchev–Trinajstić information content (AvgIpc) is 2.13. The zero-order valence-corrected chi connectivity index (χ0v) is 13.6. The van der Waals surface area contributed by atoms with Crippen LogP contribution in [0.15, 0.2) is 21.5 Å². The molecule has 1 aromatic rings. The van der Waals surface area contributed by atoms with E-state index in [9.17, 15) is 8.42 Å². The van der Waals surface area contributed by atoms with E-state index >= 15 is 0 Å². The minimum Gasteiger partial charge on any atom is -0.393 e. The van der Waals surface area contributed by atoms with Gasteiger partial charge < -0.3 is 5.73 Å². The van der Waals surface area contributed by atoms with Gasteiger partial charge in [0.15, 0.2) is 0 Å². The second kappa shape index (κ2) is 6.49. The van der Waals surface area contributed by atoms with Crippen LogP contribution in [0.2, 0.25) is 10.0 Å². The molecular weight excluding hydrogens is 383 g/mol. The normalized spacial score (nSPS) is 11.5. The first-order chi connectivity index (χ1) is 8.24. The Morgan fingerprint density at radius 2 is 1.89 bits per heavy atom. The van der Waals surface area contributed by atoms with E-state index in [-0.39, 0.29) is 32.9 Å². The maximum atomic E-state index is 12.0. The SMILES string of the molecule is NC(=S)CCNS(=O)(=O)c1c(Cl)cc(Br)cc1Cl. The van der Waals surface area contributed by atoms with Crippen LogP contribution in [0.1, 0.15) is 6.42 Å². The molecule has 0 aliphatic carbocycles. The van der Waals surface area contributed by atoms with E-state index in [1.165, 1.54) is 12.1 Å². The Hall–Kier alpha value is 0.0800. The first kappa shape index (κ1) is 16.1. The van der Waals surface area contributed by atoms with Crippen molar-refractivity contribution in [1.29, 1.82) is 0 Å². The Labute approximate surface area is 129 Å². The lowest BCUT2D eigenvalue weighted by molar-refractivity contribution is 0.583. The molecule has 4 nitrogen and oxygen atoms in total. The van der Waals surface area contributed by atoms with Crippen LogP contribution >= 0.6 is 51.3 Å². The number of nitrogens with two attached hydrogens (primary N) is 1. The van der Waals surface area contributed by atoms with E-state index in [1.807, 2.05) is 0 Å². The quantitative estimate of drug-likeness (QED) is 0.757. The molecule has 0 fully saturated rings. The van der Waals surface area contributed by atoms with Crippen LogP contribution in [0.3, 0.4) is 0 Å². The summed E-state index contributed by atoms with van der Waals surface area (Å²) in [6.45, 7) is 0.0976. The number of hydrogen-bond acceptors (Lipinski definition) is 3. The van der Waals surface area contributed by atoms with E-state index in [0.29, 0.717) is 4.47 Å². The molecule has 0 radical (unpaired) electrons. The lowest BCUT2D eigenvalue weighted by atomic mass is 10.4. The fourth-order valence-corrected chi connectivity index (χ4v) is 4.23. The Morgan fingerprint density at radius 3 is 2.33 bits per heavy atom. The van der Waals surface area contributed by atoms with E-state index in [4.69, 9.17) is 28.9 Å². The zero-order valence-electron chi connectivity index (χ0n) is 8.91. The molecule has 100 valence electrons. The monoisotopic (exact) mass is 390 g/mol. The summed E-state index contributed by atoms with van der Waals surface area (Å²) in [6, 6.07) is 2.91. The molecule has 0 atom stereocenters. The molecular formula is C9H9BrCl2N2O2S2. The summed E-state index contributed by atoms with van der Waals surface area (Å²) in [6.07, 6.45) is 0.264. The predicted molar refractivity (Wildman–Crippen MR) is 80.8 cm³/mol. The van der Waals surface area contributed by atoms with Gasteiger partial charge in [-0.25, -0.2) is 13.1 Å². The fourth-order valence-electron chi connectivity index (χ4n) is 1.17. The number of hydrogen-bond donors (Lipinski definition) is 2. The number of benzene rings is 1. The second-order valence-electron chi connectivity index (χ2n) is 3.31. The molecule has 0 bridgehead atoms. The third kappa shape index (κ3) is 4.32. The van der Waals surface area contributed by atoms with E-state index in [1.54, 1.807) is 0 Å². The van der Waals surface area contributed by atoms with Crippen LogP contribution in [0.25, 0.3) is 0 Å². The molecule has 0 amide bonds. The van der Waals surface area contributed by atoms with Crippen molar-refractivity contribution >= 4 is 66.4 Å². The van der Waals surface area contributed by atoms with Crippen molar-refractivity contribution in [3.05, 3.63) is 26.7 Å². The van der Waals surface area contributed by atoms with Crippen molar-refractivity contribution in [2.24, 2.45) is 5.73 Å². The third-order valence-corrected chi connectivity index (χ3v) is 4.94. The number of rotatable bonds is 5. The van der Waals surface area contributed by atoms with E-state index in [0.717, 1.165) is 0 Å². The molecule has 9 heteroatoms. The molecule has 0 aliphatic rings. The molecule has 0 unspecified atom stereocenters. The van der Waals surface area contributed by atoms with Crippen LogP contribution in [0.4, 0.5) is 0 Å². The highest BCUT2D eigenvalue weighted by Crippen LogP contribution is 2.32. The van der Waals surface area contributed by atoms with Crippen LogP contribution < -0.4 is 10.5 Å². The minimum atomic E-state index is -3.78. The van der Waals surface area contributed by atoms with E-state index < -0.39 is 10.0 Å². The van der Waals surface area contributed by atoms with Gasteiger partial charge in [0, 0.05) is 17.4 Å². The lowest BCUT2D eigenvalue weighted by Crippen LogP contribution is -2.28. The van der Waals surface area contributed by atoms with Crippen LogP contribution in [0.5, 0.6) is 0 Å². The second-order valence-corrected chi connectivity index (χ2v) is 7.27. The largest absolute Gasteiger partial charge is 0.393 e. The lowest BCUT2D eigenvalue weighted by Gasteiger charge is -2.10. The van der Waals surface area contributed by atoms with Crippen LogP contribution in [-0.2, 0) is 10.0 Å². The van der Waals surface area contributed by atoms with Gasteiger partial charge in [-0.3, -0.25) is 0 Å². The van der Waals surface area contributed by atoms with Crippen LogP contribution in [0, 0.1) is 0 Å². The number of sulfonamides is 1. The third-order valence-electron chi connectivity index (χ3n) is 1.90. The topological polar surface area (TPSA) is 72.2 Å². The molecule has 0 aromatic heterocycles. The standard InChI is InChI=1S/C9H9BrCl2N2O2S2/c10-5-3-6(11)9(7(12)4-5)18(15,16)14-2-1-8(13)17/h3-4,14H,1-2H2,(H2,13,17). The summed E-state index contributed by atoms with van der Waals surface area (Å²) in [7, 11) is -3.78. The molecule has 0 saturated carbocycles. The zero-order chi connectivity index (χ0) is 13.9. The van der Waals surface area contributed by atoms with Crippen molar-refractivity contribution in [2.45, 2.75) is 11.3 Å². The average molecular weight is 392 g/mol. The summed E-state index contributed by atoms with van der Waals surface area (Å²) < 4.78 is 26.9. The number of halogens is 3. The first-order valence-corrected chi connectivity index (χ1v) is 8.10. The van der Waals surface area contributed by atoms with Gasteiger partial charge in [-0.2, -0.15) is 0 Å². The summed E-state index contributed by atoms with van der Waals surface area (Å²) in [5, 5.41) is 0.0781. The Balaban J connectivity index is 3.02. The van der Waals surface area contributed by atoms with Gasteiger partial charge in [0.05, 0.1) is 15.0 Å². The molecule has 18 heavy (non-hydrogen) atoms. The van der Waals surface area contributed by atoms with E-state index in [2.05, 4.69) is 32.9 Å². The molecule has 0 aliphatic heterocycles. The molecule has 1 rings (SSSR count). The van der Waals surface area contributed by atoms with Crippen LogP contribution in [-0.4, -0.2) is 20.0 Å². The number of nitrogens with one attached hydrogen (secondary N) is 1. The highest BCUT2D eigenvalue weighted by atomic mass is 79.9. The fraction of sp³-hybridized carbons (Fsp3) is 0.222. The highest BCUT2D eigenvalue weighted by molar-refractivity contribution is 9.10. The van der Waals surface area contributed by atoms with Crippen molar-refractivity contribution in [1.82, 2.24) is 4.72 Å². The summed E-state index contributed by atoms with van der Waals surface area (Å²) in [5.74, 6) is 0. The van der Waals surface area contributed by atoms with Gasteiger partial charge in [-0.15, -0.1) is 0 Å². The summed E-state index contributed by atoms with van der Waals surface area (Å²) in [5.41, 5.74) is 5.28. The van der Waals surface area contributed by atoms with Gasteiger partial charge in [0.1, 0.15) is 4.90 Å². The summed E-state index contributed by atoms with van der Waals surface area (Å²) >= 11 is 19.6.